The number of aromatic hydroxyl groups is 2. The molecule has 3 heterocycles. The van der Waals surface area contributed by atoms with Crippen molar-refractivity contribution in [1.82, 2.24) is 9.47 Å². The van der Waals surface area contributed by atoms with E-state index < -0.39 is 34.0 Å². The third-order valence-corrected chi connectivity index (χ3v) is 8.78. The number of aryl methyl sites for hydroxylation is 1. The highest BCUT2D eigenvalue weighted by Crippen LogP contribution is 2.35. The number of benzene rings is 3. The first-order chi connectivity index (χ1) is 23.4. The summed E-state index contributed by atoms with van der Waals surface area (Å²) in [6.45, 7) is 5.29. The van der Waals surface area contributed by atoms with Gasteiger partial charge in [0.25, 0.3) is 0 Å². The minimum Gasteiger partial charge on any atom is -0.507 e. The van der Waals surface area contributed by atoms with Crippen LogP contribution in [0.2, 0.25) is 0 Å². The summed E-state index contributed by atoms with van der Waals surface area (Å²) in [5.74, 6) is -3.13. The molecule has 256 valence electrons. The van der Waals surface area contributed by atoms with Gasteiger partial charge in [-0.3, -0.25) is 14.5 Å². The fourth-order valence-electron chi connectivity index (χ4n) is 6.29. The van der Waals surface area contributed by atoms with Gasteiger partial charge in [-0.2, -0.15) is 0 Å². The molecular weight excluding hydrogens is 644 g/mol. The Labute approximate surface area is 277 Å². The van der Waals surface area contributed by atoms with E-state index in [0.717, 1.165) is 12.3 Å². The molecule has 1 aliphatic heterocycles. The van der Waals surface area contributed by atoms with E-state index in [9.17, 15) is 29.7 Å². The Morgan fingerprint density at radius 3 is 2.51 bits per heavy atom. The number of carboxylic acid groups (broad SMARTS) is 1. The summed E-state index contributed by atoms with van der Waals surface area (Å²) in [5.41, 5.74) is -1.92. The SMILES string of the molecule is CCn1cc(C(=O)O)c(=O)c2cc(F)c(N3CCN(CCOc4cc(O)c5c(=O)cc(-c6ccc(OC)c(O)c6)oc5c4)C(C)C3)c(F)c21. The number of methoxy groups -OCH3 is 1. The number of phenolic OH excluding ortho intramolecular Hbond substituents is 2. The van der Waals surface area contributed by atoms with Crippen molar-refractivity contribution < 1.29 is 42.8 Å². The van der Waals surface area contributed by atoms with Crippen molar-refractivity contribution in [2.75, 3.05) is 44.8 Å². The van der Waals surface area contributed by atoms with Crippen molar-refractivity contribution >= 4 is 33.5 Å². The number of nitrogens with zero attached hydrogens (tertiary/aromatic N) is 3. The number of carbonyl (C=O) groups is 1. The van der Waals surface area contributed by atoms with E-state index >= 15 is 8.78 Å². The normalized spacial score (nSPS) is 15.2. The molecular formula is C35H33F2N3O9. The molecule has 12 nitrogen and oxygen atoms in total. The molecule has 1 saturated heterocycles. The number of hydrogen-bond donors (Lipinski definition) is 3. The number of ether oxygens (including phenoxy) is 2. The van der Waals surface area contributed by atoms with Crippen LogP contribution in [0.5, 0.6) is 23.0 Å². The maximum atomic E-state index is 15.9. The van der Waals surface area contributed by atoms with E-state index in [1.54, 1.807) is 17.9 Å². The van der Waals surface area contributed by atoms with Gasteiger partial charge in [-0.15, -0.1) is 0 Å². The van der Waals surface area contributed by atoms with Crippen LogP contribution in [0.3, 0.4) is 0 Å². The van der Waals surface area contributed by atoms with Gasteiger partial charge in [-0.05, 0) is 38.1 Å². The van der Waals surface area contributed by atoms with Crippen LogP contribution in [0, 0.1) is 11.6 Å². The molecule has 1 atom stereocenters. The number of fused-ring (bicyclic) bond motifs is 2. The van der Waals surface area contributed by atoms with E-state index in [0.29, 0.717) is 18.7 Å². The Hall–Kier alpha value is -5.63. The number of pyridine rings is 1. The van der Waals surface area contributed by atoms with Crippen LogP contribution in [0.4, 0.5) is 14.5 Å². The van der Waals surface area contributed by atoms with Gasteiger partial charge in [0, 0.05) is 68.7 Å². The Balaban J connectivity index is 1.17. The van der Waals surface area contributed by atoms with Crippen LogP contribution in [0.1, 0.15) is 24.2 Å². The standard InChI is InChI=1S/C35H33F2N3O9/c1-4-38-17-22(35(45)46)34(44)21-14-23(36)33(31(37)32(21)38)40-8-7-39(18(2)16-40)9-10-48-20-12-25(42)30-26(43)15-28(49-29(30)13-20)19-5-6-27(47-3)24(41)11-19/h5-6,11-15,17-18,41-42H,4,7-10,16H2,1-3H3,(H,45,46). The van der Waals surface area contributed by atoms with Gasteiger partial charge in [0.2, 0.25) is 5.43 Å². The van der Waals surface area contributed by atoms with E-state index in [2.05, 4.69) is 4.90 Å². The van der Waals surface area contributed by atoms with Crippen LogP contribution in [0.25, 0.3) is 33.2 Å². The molecule has 0 amide bonds. The molecule has 1 aliphatic rings. The minimum absolute atomic E-state index is 0.0232. The Kier molecular flexibility index (Phi) is 8.90. The highest BCUT2D eigenvalue weighted by atomic mass is 19.1. The van der Waals surface area contributed by atoms with E-state index in [1.807, 2.05) is 6.92 Å². The van der Waals surface area contributed by atoms with Crippen LogP contribution < -0.4 is 25.2 Å². The van der Waals surface area contributed by atoms with Crippen molar-refractivity contribution in [3.8, 4) is 34.3 Å². The minimum atomic E-state index is -1.47. The lowest BCUT2D eigenvalue weighted by Gasteiger charge is -2.41. The fraction of sp³-hybridized carbons (Fsp3) is 0.286. The smallest absolute Gasteiger partial charge is 0.341 e. The van der Waals surface area contributed by atoms with Gasteiger partial charge >= 0.3 is 5.97 Å². The molecule has 0 aliphatic carbocycles. The van der Waals surface area contributed by atoms with E-state index in [4.69, 9.17) is 13.9 Å². The molecule has 3 N–H and O–H groups in total. The molecule has 0 spiro atoms. The van der Waals surface area contributed by atoms with Gasteiger partial charge in [0.1, 0.15) is 51.9 Å². The number of aromatic carboxylic acids is 1. The van der Waals surface area contributed by atoms with Crippen molar-refractivity contribution in [1.29, 1.82) is 0 Å². The fourth-order valence-corrected chi connectivity index (χ4v) is 6.29. The number of carboxylic acids is 1. The molecule has 3 aromatic carbocycles. The summed E-state index contributed by atoms with van der Waals surface area (Å²) in [7, 11) is 1.42. The summed E-state index contributed by atoms with van der Waals surface area (Å²) >= 11 is 0. The molecule has 0 bridgehead atoms. The van der Waals surface area contributed by atoms with Gasteiger partial charge in [-0.25, -0.2) is 13.6 Å². The summed E-state index contributed by atoms with van der Waals surface area (Å²) in [4.78, 5) is 40.8. The molecule has 5 aromatic rings. The number of piperazine rings is 1. The molecule has 1 unspecified atom stereocenters. The number of anilines is 1. The lowest BCUT2D eigenvalue weighted by atomic mass is 10.1. The monoisotopic (exact) mass is 677 g/mol. The predicted molar refractivity (Wildman–Crippen MR) is 177 cm³/mol. The molecule has 0 saturated carbocycles. The quantitative estimate of drug-likeness (QED) is 0.197. The maximum absolute atomic E-state index is 15.9. The van der Waals surface area contributed by atoms with Gasteiger partial charge in [0.05, 0.1) is 18.0 Å². The summed E-state index contributed by atoms with van der Waals surface area (Å²) in [6.07, 6.45) is 1.08. The molecule has 14 heteroatoms. The van der Waals surface area contributed by atoms with Crippen LogP contribution in [0.15, 0.2) is 62.7 Å². The first-order valence-electron chi connectivity index (χ1n) is 15.5. The second-order valence-electron chi connectivity index (χ2n) is 11.7. The Morgan fingerprint density at radius 1 is 1.06 bits per heavy atom. The summed E-state index contributed by atoms with van der Waals surface area (Å²) < 4.78 is 49.5. The number of halogens is 2. The average molecular weight is 678 g/mol. The highest BCUT2D eigenvalue weighted by molar-refractivity contribution is 5.94. The second kappa shape index (κ2) is 13.1. The average Bonchev–Trinajstić information content (AvgIpc) is 3.05. The van der Waals surface area contributed by atoms with Crippen molar-refractivity contribution in [2.45, 2.75) is 26.4 Å². The number of hydrogen-bond acceptors (Lipinski definition) is 10. The third kappa shape index (κ3) is 6.10. The third-order valence-electron chi connectivity index (χ3n) is 8.78. The predicted octanol–water partition coefficient (Wildman–Crippen LogP) is 4.78. The second-order valence-corrected chi connectivity index (χ2v) is 11.7. The van der Waals surface area contributed by atoms with E-state index in [1.165, 1.54) is 42.0 Å². The Morgan fingerprint density at radius 2 is 1.84 bits per heavy atom. The zero-order chi connectivity index (χ0) is 35.1. The molecule has 2 aromatic heterocycles. The number of phenols is 2. The van der Waals surface area contributed by atoms with Gasteiger partial charge in [0.15, 0.2) is 22.7 Å². The lowest BCUT2D eigenvalue weighted by Crippen LogP contribution is -2.53. The first kappa shape index (κ1) is 33.3. The zero-order valence-electron chi connectivity index (χ0n) is 26.8. The highest BCUT2D eigenvalue weighted by Gasteiger charge is 2.30. The maximum Gasteiger partial charge on any atom is 0.341 e. The van der Waals surface area contributed by atoms with Crippen molar-refractivity contribution in [3.63, 3.8) is 0 Å². The largest absolute Gasteiger partial charge is 0.507 e. The molecule has 49 heavy (non-hydrogen) atoms. The zero-order valence-corrected chi connectivity index (χ0v) is 26.8. The summed E-state index contributed by atoms with van der Waals surface area (Å²) in [5, 5.41) is 29.8. The molecule has 0 radical (unpaired) electrons. The molecule has 1 fully saturated rings. The Bertz CT molecular complexity index is 2230. The number of aromatic nitrogens is 1. The van der Waals surface area contributed by atoms with Gasteiger partial charge in [-0.1, -0.05) is 0 Å². The van der Waals surface area contributed by atoms with Crippen LogP contribution >= 0.6 is 0 Å². The first-order valence-corrected chi connectivity index (χ1v) is 15.5. The van der Waals surface area contributed by atoms with Gasteiger partial charge < -0.3 is 38.7 Å². The number of rotatable bonds is 9. The van der Waals surface area contributed by atoms with E-state index in [-0.39, 0.29) is 88.6 Å². The lowest BCUT2D eigenvalue weighted by molar-refractivity contribution is 0.0694. The van der Waals surface area contributed by atoms with Crippen molar-refractivity contribution in [3.05, 3.63) is 86.3 Å². The van der Waals surface area contributed by atoms with Crippen LogP contribution in [-0.4, -0.2) is 76.7 Å². The van der Waals surface area contributed by atoms with Crippen molar-refractivity contribution in [2.24, 2.45) is 0 Å². The van der Waals surface area contributed by atoms with Crippen LogP contribution in [-0.2, 0) is 6.54 Å². The molecule has 6 rings (SSSR count). The topological polar surface area (TPSA) is 155 Å². The summed E-state index contributed by atoms with van der Waals surface area (Å²) in [6, 6.07) is 9.32.